The van der Waals surface area contributed by atoms with Crippen LogP contribution in [-0.2, 0) is 9.53 Å². The Morgan fingerprint density at radius 3 is 1.37 bits per heavy atom. The number of esters is 1. The Bertz CT molecular complexity index is 1230. The zero-order valence-electron chi connectivity index (χ0n) is 22.1. The summed E-state index contributed by atoms with van der Waals surface area (Å²) in [7, 11) is 2.17. The predicted octanol–water partition coefficient (Wildman–Crippen LogP) is 4.58. The smallest absolute Gasteiger partial charge is 0.303 e. The summed E-state index contributed by atoms with van der Waals surface area (Å²) >= 11 is 0. The van der Waals surface area contributed by atoms with Crippen LogP contribution < -0.4 is 29.8 Å². The molecule has 6 heteroatoms. The first-order chi connectivity index (χ1) is 18.5. The van der Waals surface area contributed by atoms with Crippen molar-refractivity contribution in [3.8, 4) is 17.2 Å². The molecule has 0 amide bonds. The minimum absolute atomic E-state index is 0.339. The molecule has 4 aromatic rings. The van der Waals surface area contributed by atoms with Gasteiger partial charge in [-0.25, -0.2) is 0 Å². The normalized spacial score (nSPS) is 12.1. The quantitative estimate of drug-likeness (QED) is 0.173. The minimum Gasteiger partial charge on any atom is -0.497 e. The molecule has 0 fully saturated rings. The Hall–Kier alpha value is -4.29. The third kappa shape index (κ3) is 5.81. The van der Waals surface area contributed by atoms with Gasteiger partial charge in [0.2, 0.25) is 0 Å². The molecule has 0 saturated carbocycles. The van der Waals surface area contributed by atoms with Gasteiger partial charge in [0, 0.05) is 6.92 Å². The van der Waals surface area contributed by atoms with Gasteiger partial charge in [-0.1, -0.05) is 72.4 Å². The number of benzene rings is 4. The van der Waals surface area contributed by atoms with Crippen molar-refractivity contribution >= 4 is 29.6 Å². The Morgan fingerprint density at radius 2 is 1.03 bits per heavy atom. The lowest BCUT2D eigenvalue weighted by Crippen LogP contribution is -2.66. The fraction of sp³-hybridized carbons (Fsp3) is 0.156. The lowest BCUT2D eigenvalue weighted by molar-refractivity contribution is -0.144. The Morgan fingerprint density at radius 1 is 0.632 bits per heavy atom. The van der Waals surface area contributed by atoms with Gasteiger partial charge in [0.05, 0.1) is 21.3 Å². The van der Waals surface area contributed by atoms with Crippen molar-refractivity contribution in [1.29, 1.82) is 0 Å². The summed E-state index contributed by atoms with van der Waals surface area (Å²) < 4.78 is 22.2. The fourth-order valence-corrected chi connectivity index (χ4v) is 8.74. The van der Waals surface area contributed by atoms with Crippen molar-refractivity contribution in [2.24, 2.45) is 0 Å². The van der Waals surface area contributed by atoms with Crippen molar-refractivity contribution in [2.75, 3.05) is 21.3 Å². The van der Waals surface area contributed by atoms with E-state index in [1.807, 2.05) is 72.8 Å². The van der Waals surface area contributed by atoms with E-state index in [9.17, 15) is 4.79 Å². The maximum Gasteiger partial charge on any atom is 0.303 e. The van der Waals surface area contributed by atoms with Gasteiger partial charge in [-0.2, -0.15) is 0 Å². The maximum absolute atomic E-state index is 12.1. The van der Waals surface area contributed by atoms with Gasteiger partial charge >= 0.3 is 5.97 Å². The van der Waals surface area contributed by atoms with Crippen molar-refractivity contribution in [2.45, 2.75) is 13.0 Å². The highest BCUT2D eigenvalue weighted by atomic mass is 28.3. The van der Waals surface area contributed by atoms with Crippen LogP contribution in [0.15, 0.2) is 115 Å². The molecule has 4 rings (SSSR count). The number of rotatable bonds is 10. The van der Waals surface area contributed by atoms with Crippen LogP contribution in [0.1, 0.15) is 18.6 Å². The van der Waals surface area contributed by atoms with Crippen LogP contribution in [0.5, 0.6) is 17.2 Å². The molecule has 0 aliphatic rings. The Kier molecular flexibility index (Phi) is 8.66. The van der Waals surface area contributed by atoms with Crippen LogP contribution in [0.4, 0.5) is 0 Å². The molecule has 0 bridgehead atoms. The van der Waals surface area contributed by atoms with Crippen molar-refractivity contribution in [1.82, 2.24) is 0 Å². The van der Waals surface area contributed by atoms with Crippen molar-refractivity contribution < 1.29 is 23.7 Å². The predicted molar refractivity (Wildman–Crippen MR) is 154 cm³/mol. The van der Waals surface area contributed by atoms with E-state index in [4.69, 9.17) is 18.9 Å². The second-order valence-corrected chi connectivity index (χ2v) is 12.5. The van der Waals surface area contributed by atoms with Gasteiger partial charge < -0.3 is 18.9 Å². The van der Waals surface area contributed by atoms with Gasteiger partial charge in [0.25, 0.3) is 0 Å². The van der Waals surface area contributed by atoms with Crippen LogP contribution in [-0.4, -0.2) is 35.4 Å². The number of methoxy groups -OCH3 is 3. The van der Waals surface area contributed by atoms with E-state index in [0.29, 0.717) is 0 Å². The molecule has 0 radical (unpaired) electrons. The molecule has 194 valence electrons. The summed E-state index contributed by atoms with van der Waals surface area (Å²) in [6, 6.07) is 34.4. The molecule has 5 nitrogen and oxygen atoms in total. The van der Waals surface area contributed by atoms with Crippen molar-refractivity contribution in [3.05, 3.63) is 120 Å². The summed E-state index contributed by atoms with van der Waals surface area (Å²) in [5, 5.41) is 3.46. The maximum atomic E-state index is 12.1. The number of carbonyl (C=O) groups excluding carboxylic acids is 1. The van der Waals surface area contributed by atoms with E-state index in [-0.39, 0.29) is 5.97 Å². The molecule has 1 unspecified atom stereocenters. The standard InChI is InChI=1S/C32H32O5Si/c1-24(33)37-32(25-8-6-5-7-9-25)22-23-38(29-16-10-26(34-2)11-17-29,30-18-12-27(35-3)13-19-30)31-20-14-28(36-4)15-21-31/h5-23,32H,1-4H3/b23-22+. The summed E-state index contributed by atoms with van der Waals surface area (Å²) in [5.74, 6) is 2.01. The van der Waals surface area contributed by atoms with Gasteiger partial charge in [0.1, 0.15) is 23.4 Å². The number of carbonyl (C=O) groups is 1. The summed E-state index contributed by atoms with van der Waals surface area (Å²) in [4.78, 5) is 12.1. The molecule has 0 spiro atoms. The van der Waals surface area contributed by atoms with Crippen LogP contribution in [0, 0.1) is 0 Å². The van der Waals surface area contributed by atoms with E-state index in [0.717, 1.165) is 38.4 Å². The first kappa shape index (κ1) is 26.8. The van der Waals surface area contributed by atoms with E-state index < -0.39 is 14.2 Å². The van der Waals surface area contributed by atoms with Crippen LogP contribution in [0.2, 0.25) is 0 Å². The second kappa shape index (κ2) is 12.3. The van der Waals surface area contributed by atoms with Crippen LogP contribution in [0.25, 0.3) is 0 Å². The lowest BCUT2D eigenvalue weighted by atomic mass is 10.1. The molecule has 4 aromatic carbocycles. The average Bonchev–Trinajstić information content (AvgIpc) is 2.98. The summed E-state index contributed by atoms with van der Waals surface area (Å²) in [5.41, 5.74) is 3.15. The highest BCUT2D eigenvalue weighted by Crippen LogP contribution is 2.23. The molecule has 0 aromatic heterocycles. The van der Waals surface area contributed by atoms with E-state index in [1.165, 1.54) is 6.92 Å². The molecule has 0 aliphatic carbocycles. The highest BCUT2D eigenvalue weighted by molar-refractivity contribution is 7.14. The zero-order valence-corrected chi connectivity index (χ0v) is 23.1. The minimum atomic E-state index is -2.82. The van der Waals surface area contributed by atoms with Gasteiger partial charge in [0.15, 0.2) is 8.07 Å². The number of hydrogen-bond acceptors (Lipinski definition) is 5. The second-order valence-electron chi connectivity index (χ2n) is 8.79. The highest BCUT2D eigenvalue weighted by Gasteiger charge is 2.37. The molecular weight excluding hydrogens is 492 g/mol. The lowest BCUT2D eigenvalue weighted by Gasteiger charge is -2.31. The zero-order chi connectivity index (χ0) is 27.0. The molecular formula is C32H32O5Si. The number of hydrogen-bond donors (Lipinski definition) is 0. The van der Waals surface area contributed by atoms with Crippen LogP contribution in [0.3, 0.4) is 0 Å². The van der Waals surface area contributed by atoms with Crippen LogP contribution >= 0.6 is 0 Å². The molecule has 0 saturated heterocycles. The topological polar surface area (TPSA) is 54.0 Å². The van der Waals surface area contributed by atoms with Gasteiger partial charge in [-0.05, 0) is 63.6 Å². The third-order valence-corrected chi connectivity index (χ3v) is 11.0. The molecule has 38 heavy (non-hydrogen) atoms. The van der Waals surface area contributed by atoms with Gasteiger partial charge in [-0.3, -0.25) is 4.79 Å². The Balaban J connectivity index is 1.98. The summed E-state index contributed by atoms with van der Waals surface area (Å²) in [6.07, 6.45) is 1.48. The first-order valence-electron chi connectivity index (χ1n) is 12.3. The third-order valence-electron chi connectivity index (χ3n) is 6.58. The Labute approximate surface area is 225 Å². The van der Waals surface area contributed by atoms with Gasteiger partial charge in [-0.15, -0.1) is 0 Å². The monoisotopic (exact) mass is 524 g/mol. The first-order valence-corrected chi connectivity index (χ1v) is 14.4. The molecule has 0 N–H and O–H groups in total. The average molecular weight is 525 g/mol. The fourth-order valence-electron chi connectivity index (χ4n) is 4.62. The SMILES string of the molecule is COc1ccc([Si](/C=C/C(OC(C)=O)c2ccccc2)(c2ccc(OC)cc2)c2ccc(OC)cc2)cc1. The van der Waals surface area contributed by atoms with Crippen molar-refractivity contribution in [3.63, 3.8) is 0 Å². The molecule has 0 aliphatic heterocycles. The molecule has 1 atom stereocenters. The molecule has 0 heterocycles. The largest absolute Gasteiger partial charge is 0.497 e. The van der Waals surface area contributed by atoms with E-state index in [1.54, 1.807) is 21.3 Å². The van der Waals surface area contributed by atoms with E-state index in [2.05, 4.69) is 42.1 Å². The summed E-state index contributed by atoms with van der Waals surface area (Å²) in [6.45, 7) is 1.44. The number of ether oxygens (including phenoxy) is 4. The van der Waals surface area contributed by atoms with E-state index >= 15 is 0 Å².